The van der Waals surface area contributed by atoms with Crippen molar-refractivity contribution in [3.8, 4) is 0 Å². The molecule has 2 rings (SSSR count). The summed E-state index contributed by atoms with van der Waals surface area (Å²) in [7, 11) is 3.99. The summed E-state index contributed by atoms with van der Waals surface area (Å²) >= 11 is 0. The Morgan fingerprint density at radius 1 is 0.962 bits per heavy atom. The molecule has 0 radical (unpaired) electrons. The van der Waals surface area contributed by atoms with Crippen LogP contribution < -0.4 is 0 Å². The van der Waals surface area contributed by atoms with Crippen molar-refractivity contribution in [2.75, 3.05) is 79.6 Å². The van der Waals surface area contributed by atoms with Crippen molar-refractivity contribution in [1.82, 2.24) is 19.6 Å². The number of hydrogen-bond donors (Lipinski definition) is 0. The summed E-state index contributed by atoms with van der Waals surface area (Å²) in [5.74, 6) is 0.105. The molecule has 152 valence electrons. The van der Waals surface area contributed by atoms with Gasteiger partial charge in [-0.2, -0.15) is 0 Å². The fourth-order valence-electron chi connectivity index (χ4n) is 3.76. The zero-order chi connectivity index (χ0) is 19.2. The highest BCUT2D eigenvalue weighted by molar-refractivity contribution is 5.72. The first-order chi connectivity index (χ1) is 12.3. The Kier molecular flexibility index (Phi) is 8.33. The summed E-state index contributed by atoms with van der Waals surface area (Å²) < 4.78 is 5.41. The number of esters is 1. The fourth-order valence-corrected chi connectivity index (χ4v) is 3.76. The summed E-state index contributed by atoms with van der Waals surface area (Å²) in [6.07, 6.45) is 1.89. The van der Waals surface area contributed by atoms with Crippen molar-refractivity contribution < 1.29 is 9.53 Å². The highest BCUT2D eigenvalue weighted by Gasteiger charge is 2.28. The molecule has 0 aromatic carbocycles. The molecule has 0 spiro atoms. The van der Waals surface area contributed by atoms with E-state index in [4.69, 9.17) is 4.74 Å². The van der Waals surface area contributed by atoms with Crippen LogP contribution in [0, 0.1) is 5.92 Å². The van der Waals surface area contributed by atoms with Gasteiger partial charge in [-0.25, -0.2) is 0 Å². The van der Waals surface area contributed by atoms with Crippen molar-refractivity contribution in [1.29, 1.82) is 0 Å². The molecule has 0 atom stereocenters. The maximum absolute atomic E-state index is 12.1. The van der Waals surface area contributed by atoms with Crippen molar-refractivity contribution in [3.05, 3.63) is 0 Å². The molecule has 2 aliphatic heterocycles. The number of hydrogen-bond acceptors (Lipinski definition) is 6. The predicted octanol–water partition coefficient (Wildman–Crippen LogP) is 1.22. The maximum atomic E-state index is 12.1. The summed E-state index contributed by atoms with van der Waals surface area (Å²) in [5, 5.41) is 0. The lowest BCUT2D eigenvalue weighted by Gasteiger charge is -2.42. The van der Waals surface area contributed by atoms with Crippen LogP contribution in [0.2, 0.25) is 0 Å². The molecule has 0 aromatic rings. The van der Waals surface area contributed by atoms with Crippen LogP contribution in [0.15, 0.2) is 0 Å². The average Bonchev–Trinajstić information content (AvgIpc) is 2.59. The van der Waals surface area contributed by atoms with E-state index in [9.17, 15) is 4.79 Å². The standard InChI is InChI=1S/C20H40N4O2/c1-20(2,3)24-14-12-23(13-15-24)11-10-22-8-6-18(7-9-22)19(25)26-17-16-21(4)5/h18H,6-17H2,1-5H3. The third-order valence-corrected chi connectivity index (χ3v) is 5.76. The number of piperazine rings is 1. The minimum absolute atomic E-state index is 0.00445. The summed E-state index contributed by atoms with van der Waals surface area (Å²) in [5.41, 5.74) is 0.287. The lowest BCUT2D eigenvalue weighted by molar-refractivity contribution is -0.150. The number of piperidine rings is 1. The van der Waals surface area contributed by atoms with Crippen molar-refractivity contribution >= 4 is 5.97 Å². The van der Waals surface area contributed by atoms with E-state index in [-0.39, 0.29) is 17.4 Å². The molecular weight excluding hydrogens is 328 g/mol. The van der Waals surface area contributed by atoms with Gasteiger partial charge in [-0.3, -0.25) is 14.6 Å². The fraction of sp³-hybridized carbons (Fsp3) is 0.950. The number of carbonyl (C=O) groups excluding carboxylic acids is 1. The van der Waals surface area contributed by atoms with Gasteiger partial charge in [-0.15, -0.1) is 0 Å². The van der Waals surface area contributed by atoms with E-state index < -0.39 is 0 Å². The van der Waals surface area contributed by atoms with Gasteiger partial charge in [-0.05, 0) is 60.8 Å². The Morgan fingerprint density at radius 2 is 1.50 bits per heavy atom. The molecule has 2 fully saturated rings. The lowest BCUT2D eigenvalue weighted by atomic mass is 9.97. The Hall–Kier alpha value is -0.690. The Labute approximate surface area is 160 Å². The summed E-state index contributed by atoms with van der Waals surface area (Å²) in [6, 6.07) is 0. The van der Waals surface area contributed by atoms with Gasteiger partial charge < -0.3 is 14.5 Å². The van der Waals surface area contributed by atoms with Crippen LogP contribution in [0.1, 0.15) is 33.6 Å². The first-order valence-corrected chi connectivity index (χ1v) is 10.3. The molecule has 2 aliphatic rings. The molecule has 0 unspecified atom stereocenters. The van der Waals surface area contributed by atoms with Gasteiger partial charge in [0.15, 0.2) is 0 Å². The maximum Gasteiger partial charge on any atom is 0.309 e. The van der Waals surface area contributed by atoms with E-state index in [1.54, 1.807) is 0 Å². The minimum Gasteiger partial charge on any atom is -0.464 e. The van der Waals surface area contributed by atoms with Gasteiger partial charge in [0.1, 0.15) is 6.61 Å². The molecule has 26 heavy (non-hydrogen) atoms. The zero-order valence-electron chi connectivity index (χ0n) is 17.7. The Bertz CT molecular complexity index is 420. The lowest BCUT2D eigenvalue weighted by Crippen LogP contribution is -2.54. The van der Waals surface area contributed by atoms with Crippen LogP contribution in [0.5, 0.6) is 0 Å². The third kappa shape index (κ3) is 7.14. The van der Waals surface area contributed by atoms with Crippen molar-refractivity contribution in [3.63, 3.8) is 0 Å². The van der Waals surface area contributed by atoms with Crippen LogP contribution in [-0.2, 0) is 9.53 Å². The molecule has 2 saturated heterocycles. The number of likely N-dealkylation sites (tertiary alicyclic amines) is 1. The molecule has 0 aliphatic carbocycles. The highest BCUT2D eigenvalue weighted by Crippen LogP contribution is 2.19. The SMILES string of the molecule is CN(C)CCOC(=O)C1CCN(CCN2CCN(C(C)(C)C)CC2)CC1. The second-order valence-electron chi connectivity index (χ2n) is 9.09. The number of likely N-dealkylation sites (N-methyl/N-ethyl adjacent to an activating group) is 1. The van der Waals surface area contributed by atoms with E-state index in [1.807, 2.05) is 19.0 Å². The van der Waals surface area contributed by atoms with Crippen molar-refractivity contribution in [2.24, 2.45) is 5.92 Å². The Morgan fingerprint density at radius 3 is 2.00 bits per heavy atom. The van der Waals surface area contributed by atoms with Crippen molar-refractivity contribution in [2.45, 2.75) is 39.2 Å². The van der Waals surface area contributed by atoms with Gasteiger partial charge >= 0.3 is 5.97 Å². The molecule has 0 N–H and O–H groups in total. The van der Waals surface area contributed by atoms with Gasteiger partial charge in [-0.1, -0.05) is 0 Å². The highest BCUT2D eigenvalue weighted by atomic mass is 16.5. The molecule has 0 amide bonds. The third-order valence-electron chi connectivity index (χ3n) is 5.76. The monoisotopic (exact) mass is 368 g/mol. The second kappa shape index (κ2) is 10.0. The quantitative estimate of drug-likeness (QED) is 0.629. The largest absolute Gasteiger partial charge is 0.464 e. The van der Waals surface area contributed by atoms with Crippen LogP contribution in [0.3, 0.4) is 0 Å². The zero-order valence-corrected chi connectivity index (χ0v) is 17.7. The van der Waals surface area contributed by atoms with E-state index >= 15 is 0 Å². The van der Waals surface area contributed by atoms with Gasteiger partial charge in [0, 0.05) is 51.4 Å². The number of rotatable bonds is 7. The molecule has 2 heterocycles. The number of ether oxygens (including phenoxy) is 1. The van der Waals surface area contributed by atoms with Crippen LogP contribution in [0.4, 0.5) is 0 Å². The molecule has 6 heteroatoms. The second-order valence-corrected chi connectivity index (χ2v) is 9.09. The predicted molar refractivity (Wildman–Crippen MR) is 106 cm³/mol. The number of nitrogens with zero attached hydrogens (tertiary/aromatic N) is 4. The first kappa shape index (κ1) is 21.6. The Balaban J connectivity index is 1.59. The van der Waals surface area contributed by atoms with E-state index in [0.717, 1.165) is 45.6 Å². The van der Waals surface area contributed by atoms with Crippen LogP contribution in [-0.4, -0.2) is 111 Å². The van der Waals surface area contributed by atoms with Gasteiger partial charge in [0.05, 0.1) is 5.92 Å². The molecular formula is C20H40N4O2. The first-order valence-electron chi connectivity index (χ1n) is 10.3. The van der Waals surface area contributed by atoms with Gasteiger partial charge in [0.2, 0.25) is 0 Å². The van der Waals surface area contributed by atoms with Crippen LogP contribution in [0.25, 0.3) is 0 Å². The van der Waals surface area contributed by atoms with E-state index in [2.05, 4.69) is 35.5 Å². The summed E-state index contributed by atoms with van der Waals surface area (Å²) in [4.78, 5) is 21.9. The summed E-state index contributed by atoms with van der Waals surface area (Å²) in [6.45, 7) is 17.2. The average molecular weight is 369 g/mol. The van der Waals surface area contributed by atoms with Crippen LogP contribution >= 0.6 is 0 Å². The number of carbonyl (C=O) groups is 1. The van der Waals surface area contributed by atoms with E-state index in [0.29, 0.717) is 6.61 Å². The smallest absolute Gasteiger partial charge is 0.309 e. The van der Waals surface area contributed by atoms with Gasteiger partial charge in [0.25, 0.3) is 0 Å². The molecule has 0 aromatic heterocycles. The molecule has 0 bridgehead atoms. The minimum atomic E-state index is 0.00445. The van der Waals surface area contributed by atoms with E-state index in [1.165, 1.54) is 26.2 Å². The normalized spacial score (nSPS) is 22.1. The topological polar surface area (TPSA) is 39.3 Å². The molecule has 0 saturated carbocycles. The molecule has 6 nitrogen and oxygen atoms in total.